The van der Waals surface area contributed by atoms with E-state index in [-0.39, 0.29) is 12.2 Å². The molecule has 0 unspecified atom stereocenters. The summed E-state index contributed by atoms with van der Waals surface area (Å²) < 4.78 is 30.3. The van der Waals surface area contributed by atoms with Gasteiger partial charge in [0.2, 0.25) is 0 Å². The standard InChI is InChI=1S/C11H11BrF2O2/c12-4-2-1-3-11(15)16-10-6-8(13)5-9(14)7-10/h5-7H,1-4H2. The number of alkyl halides is 1. The van der Waals surface area contributed by atoms with Gasteiger partial charge in [-0.2, -0.15) is 0 Å². The molecule has 1 rings (SSSR count). The quantitative estimate of drug-likeness (QED) is 0.360. The van der Waals surface area contributed by atoms with Crippen molar-refractivity contribution in [1.29, 1.82) is 0 Å². The molecule has 0 saturated carbocycles. The summed E-state index contributed by atoms with van der Waals surface area (Å²) in [6.07, 6.45) is 1.78. The summed E-state index contributed by atoms with van der Waals surface area (Å²) >= 11 is 3.23. The van der Waals surface area contributed by atoms with Crippen molar-refractivity contribution in [3.8, 4) is 5.75 Å². The molecule has 0 fully saturated rings. The minimum atomic E-state index is -0.761. The van der Waals surface area contributed by atoms with E-state index in [2.05, 4.69) is 15.9 Å². The first kappa shape index (κ1) is 13.1. The van der Waals surface area contributed by atoms with E-state index in [0.29, 0.717) is 6.42 Å². The molecule has 0 aromatic heterocycles. The number of unbranched alkanes of at least 4 members (excludes halogenated alkanes) is 1. The van der Waals surface area contributed by atoms with Crippen LogP contribution in [0, 0.1) is 11.6 Å². The highest BCUT2D eigenvalue weighted by Gasteiger charge is 2.07. The van der Waals surface area contributed by atoms with Crippen LogP contribution in [-0.2, 0) is 4.79 Å². The van der Waals surface area contributed by atoms with Crippen LogP contribution in [0.1, 0.15) is 19.3 Å². The van der Waals surface area contributed by atoms with Crippen molar-refractivity contribution in [3.05, 3.63) is 29.8 Å². The predicted octanol–water partition coefficient (Wildman–Crippen LogP) is 3.44. The number of hydrogen-bond acceptors (Lipinski definition) is 2. The Hall–Kier alpha value is -0.970. The Labute approximate surface area is 101 Å². The number of ether oxygens (including phenoxy) is 1. The fraction of sp³-hybridized carbons (Fsp3) is 0.364. The van der Waals surface area contributed by atoms with Gasteiger partial charge >= 0.3 is 5.97 Å². The van der Waals surface area contributed by atoms with Gasteiger partial charge in [-0.3, -0.25) is 4.79 Å². The first-order chi connectivity index (χ1) is 7.61. The molecule has 1 aromatic rings. The Morgan fingerprint density at radius 3 is 2.38 bits per heavy atom. The van der Waals surface area contributed by atoms with Crippen LogP contribution in [0.4, 0.5) is 8.78 Å². The number of esters is 1. The van der Waals surface area contributed by atoms with Gasteiger partial charge in [0.1, 0.15) is 17.4 Å². The van der Waals surface area contributed by atoms with E-state index in [0.717, 1.165) is 30.0 Å². The van der Waals surface area contributed by atoms with Crippen LogP contribution in [0.15, 0.2) is 18.2 Å². The fourth-order valence-electron chi connectivity index (χ4n) is 1.13. The van der Waals surface area contributed by atoms with E-state index in [1.165, 1.54) is 0 Å². The lowest BCUT2D eigenvalue weighted by Gasteiger charge is -2.04. The molecule has 0 heterocycles. The van der Waals surface area contributed by atoms with Crippen molar-refractivity contribution >= 4 is 21.9 Å². The van der Waals surface area contributed by atoms with Crippen LogP contribution in [-0.4, -0.2) is 11.3 Å². The second-order valence-corrected chi connectivity index (χ2v) is 4.02. The molecule has 0 saturated heterocycles. The second kappa shape index (κ2) is 6.58. The Balaban J connectivity index is 2.49. The maximum absolute atomic E-state index is 12.7. The highest BCUT2D eigenvalue weighted by molar-refractivity contribution is 9.09. The summed E-state index contributed by atoms with van der Waals surface area (Å²) in [6.45, 7) is 0. The third-order valence-corrected chi connectivity index (χ3v) is 2.39. The smallest absolute Gasteiger partial charge is 0.311 e. The van der Waals surface area contributed by atoms with Crippen molar-refractivity contribution < 1.29 is 18.3 Å². The molecule has 0 aliphatic rings. The minimum absolute atomic E-state index is 0.0960. The van der Waals surface area contributed by atoms with E-state index in [1.807, 2.05) is 0 Å². The number of rotatable bonds is 5. The summed E-state index contributed by atoms with van der Waals surface area (Å²) in [7, 11) is 0. The molecule has 0 amide bonds. The number of hydrogen-bond donors (Lipinski definition) is 0. The van der Waals surface area contributed by atoms with Gasteiger partial charge < -0.3 is 4.74 Å². The van der Waals surface area contributed by atoms with Crippen LogP contribution >= 0.6 is 15.9 Å². The Morgan fingerprint density at radius 1 is 1.19 bits per heavy atom. The highest BCUT2D eigenvalue weighted by Crippen LogP contribution is 2.16. The molecule has 0 spiro atoms. The van der Waals surface area contributed by atoms with Crippen LogP contribution in [0.2, 0.25) is 0 Å². The van der Waals surface area contributed by atoms with Crippen molar-refractivity contribution in [2.75, 3.05) is 5.33 Å². The van der Waals surface area contributed by atoms with Gasteiger partial charge in [0.15, 0.2) is 0 Å². The van der Waals surface area contributed by atoms with Gasteiger partial charge in [-0.25, -0.2) is 8.78 Å². The monoisotopic (exact) mass is 292 g/mol. The third kappa shape index (κ3) is 4.70. The first-order valence-electron chi connectivity index (χ1n) is 4.84. The van der Waals surface area contributed by atoms with Gasteiger partial charge in [0.25, 0.3) is 0 Å². The lowest BCUT2D eigenvalue weighted by atomic mass is 10.2. The summed E-state index contributed by atoms with van der Waals surface area (Å²) in [4.78, 5) is 11.2. The van der Waals surface area contributed by atoms with Crippen LogP contribution in [0.5, 0.6) is 5.75 Å². The zero-order chi connectivity index (χ0) is 12.0. The van der Waals surface area contributed by atoms with Crippen LogP contribution in [0.25, 0.3) is 0 Å². The first-order valence-corrected chi connectivity index (χ1v) is 5.96. The van der Waals surface area contributed by atoms with Gasteiger partial charge in [0.05, 0.1) is 0 Å². The second-order valence-electron chi connectivity index (χ2n) is 3.23. The van der Waals surface area contributed by atoms with Crippen molar-refractivity contribution in [2.45, 2.75) is 19.3 Å². The predicted molar refractivity (Wildman–Crippen MR) is 59.6 cm³/mol. The Bertz CT molecular complexity index is 349. The van der Waals surface area contributed by atoms with Gasteiger partial charge in [-0.05, 0) is 12.8 Å². The Morgan fingerprint density at radius 2 is 1.81 bits per heavy atom. The number of carbonyl (C=O) groups excluding carboxylic acids is 1. The zero-order valence-corrected chi connectivity index (χ0v) is 10.1. The highest BCUT2D eigenvalue weighted by atomic mass is 79.9. The maximum Gasteiger partial charge on any atom is 0.311 e. The average Bonchev–Trinajstić information content (AvgIpc) is 2.16. The largest absolute Gasteiger partial charge is 0.426 e. The van der Waals surface area contributed by atoms with E-state index in [9.17, 15) is 13.6 Å². The van der Waals surface area contributed by atoms with Crippen molar-refractivity contribution in [1.82, 2.24) is 0 Å². The summed E-state index contributed by atoms with van der Waals surface area (Å²) in [5.74, 6) is -2.10. The van der Waals surface area contributed by atoms with Crippen molar-refractivity contribution in [3.63, 3.8) is 0 Å². The number of halogens is 3. The summed E-state index contributed by atoms with van der Waals surface area (Å²) in [6, 6.07) is 2.68. The molecule has 16 heavy (non-hydrogen) atoms. The fourth-order valence-corrected chi connectivity index (χ4v) is 1.53. The van der Waals surface area contributed by atoms with Crippen LogP contribution in [0.3, 0.4) is 0 Å². The van der Waals surface area contributed by atoms with E-state index in [1.54, 1.807) is 0 Å². The molecular formula is C11H11BrF2O2. The van der Waals surface area contributed by atoms with Crippen molar-refractivity contribution in [2.24, 2.45) is 0 Å². The van der Waals surface area contributed by atoms with Crippen LogP contribution < -0.4 is 4.74 Å². The summed E-state index contributed by atoms with van der Waals surface area (Å²) in [5.41, 5.74) is 0. The van der Waals surface area contributed by atoms with E-state index < -0.39 is 17.6 Å². The Kier molecular flexibility index (Phi) is 5.38. The van der Waals surface area contributed by atoms with E-state index >= 15 is 0 Å². The number of carbonyl (C=O) groups is 1. The molecule has 0 radical (unpaired) electrons. The lowest BCUT2D eigenvalue weighted by molar-refractivity contribution is -0.134. The topological polar surface area (TPSA) is 26.3 Å². The molecule has 0 atom stereocenters. The minimum Gasteiger partial charge on any atom is -0.426 e. The molecule has 0 bridgehead atoms. The average molecular weight is 293 g/mol. The molecule has 0 aliphatic heterocycles. The lowest BCUT2D eigenvalue weighted by Crippen LogP contribution is -2.08. The van der Waals surface area contributed by atoms with Gasteiger partial charge in [-0.15, -0.1) is 0 Å². The SMILES string of the molecule is O=C(CCCCBr)Oc1cc(F)cc(F)c1. The molecule has 1 aromatic carbocycles. The molecule has 2 nitrogen and oxygen atoms in total. The van der Waals surface area contributed by atoms with Gasteiger partial charge in [-0.1, -0.05) is 15.9 Å². The zero-order valence-electron chi connectivity index (χ0n) is 8.51. The number of benzene rings is 1. The normalized spacial score (nSPS) is 10.2. The molecule has 5 heteroatoms. The molecule has 0 aliphatic carbocycles. The third-order valence-electron chi connectivity index (χ3n) is 1.83. The maximum atomic E-state index is 12.7. The molecule has 88 valence electrons. The summed E-state index contributed by atoms with van der Waals surface area (Å²) in [5, 5.41) is 0.814. The molecular weight excluding hydrogens is 282 g/mol. The van der Waals surface area contributed by atoms with Gasteiger partial charge in [0, 0.05) is 30.0 Å². The molecule has 0 N–H and O–H groups in total. The van der Waals surface area contributed by atoms with E-state index in [4.69, 9.17) is 4.74 Å².